The molecule has 0 atom stereocenters. The van der Waals surface area contributed by atoms with E-state index in [0.29, 0.717) is 13.0 Å². The van der Waals surface area contributed by atoms with Gasteiger partial charge in [0.2, 0.25) is 5.91 Å². The van der Waals surface area contributed by atoms with E-state index in [-0.39, 0.29) is 5.91 Å². The summed E-state index contributed by atoms with van der Waals surface area (Å²) in [5.74, 6) is 1.02. The summed E-state index contributed by atoms with van der Waals surface area (Å²) in [7, 11) is 0. The van der Waals surface area contributed by atoms with Crippen LogP contribution in [-0.2, 0) is 4.79 Å². The number of carbonyl (C=O) groups is 1. The third kappa shape index (κ3) is 4.85. The standard InChI is InChI=1S/C18H28N2O/c1-15-6-4-9-17(14-15)20(13-5-12-19)18(21)11-10-16-7-2-3-8-16/h4,6,9,14,16H,2-3,5,7-8,10-13,19H2,1H3. The van der Waals surface area contributed by atoms with Crippen LogP contribution in [0.5, 0.6) is 0 Å². The topological polar surface area (TPSA) is 46.3 Å². The normalized spacial score (nSPS) is 15.3. The summed E-state index contributed by atoms with van der Waals surface area (Å²) < 4.78 is 0. The molecule has 0 bridgehead atoms. The van der Waals surface area contributed by atoms with Gasteiger partial charge in [0.1, 0.15) is 0 Å². The fourth-order valence-electron chi connectivity index (χ4n) is 3.20. The van der Waals surface area contributed by atoms with Crippen molar-refractivity contribution in [3.63, 3.8) is 0 Å². The Morgan fingerprint density at radius 2 is 2.10 bits per heavy atom. The second-order valence-electron chi connectivity index (χ2n) is 6.22. The second-order valence-corrected chi connectivity index (χ2v) is 6.22. The molecule has 1 amide bonds. The van der Waals surface area contributed by atoms with Crippen LogP contribution in [0.1, 0.15) is 50.5 Å². The van der Waals surface area contributed by atoms with Gasteiger partial charge in [-0.05, 0) is 49.9 Å². The summed E-state index contributed by atoms with van der Waals surface area (Å²) >= 11 is 0. The maximum Gasteiger partial charge on any atom is 0.226 e. The van der Waals surface area contributed by atoms with Crippen molar-refractivity contribution in [2.45, 2.75) is 51.9 Å². The van der Waals surface area contributed by atoms with Crippen molar-refractivity contribution in [3.05, 3.63) is 29.8 Å². The highest BCUT2D eigenvalue weighted by molar-refractivity contribution is 5.93. The number of rotatable bonds is 7. The smallest absolute Gasteiger partial charge is 0.226 e. The van der Waals surface area contributed by atoms with E-state index in [4.69, 9.17) is 5.73 Å². The first-order valence-electron chi connectivity index (χ1n) is 8.28. The van der Waals surface area contributed by atoms with Crippen LogP contribution in [0.2, 0.25) is 0 Å². The molecule has 0 heterocycles. The molecule has 2 N–H and O–H groups in total. The highest BCUT2D eigenvalue weighted by Gasteiger charge is 2.20. The number of amides is 1. The van der Waals surface area contributed by atoms with E-state index < -0.39 is 0 Å². The van der Waals surface area contributed by atoms with Crippen molar-refractivity contribution in [3.8, 4) is 0 Å². The maximum absolute atomic E-state index is 12.6. The first-order valence-corrected chi connectivity index (χ1v) is 8.28. The summed E-state index contributed by atoms with van der Waals surface area (Å²) in [6, 6.07) is 8.19. The van der Waals surface area contributed by atoms with Crippen molar-refractivity contribution >= 4 is 11.6 Å². The number of benzene rings is 1. The predicted octanol–water partition coefficient (Wildman–Crippen LogP) is 3.65. The van der Waals surface area contributed by atoms with E-state index in [1.165, 1.54) is 31.2 Å². The number of hydrogen-bond donors (Lipinski definition) is 1. The molecule has 0 unspecified atom stereocenters. The quantitative estimate of drug-likeness (QED) is 0.832. The lowest BCUT2D eigenvalue weighted by molar-refractivity contribution is -0.118. The Labute approximate surface area is 128 Å². The van der Waals surface area contributed by atoms with Gasteiger partial charge in [-0.15, -0.1) is 0 Å². The van der Waals surface area contributed by atoms with Gasteiger partial charge >= 0.3 is 0 Å². The average Bonchev–Trinajstić information content (AvgIpc) is 2.99. The summed E-state index contributed by atoms with van der Waals surface area (Å²) in [5, 5.41) is 0. The van der Waals surface area contributed by atoms with E-state index in [0.717, 1.165) is 31.0 Å². The molecule has 1 aliphatic rings. The van der Waals surface area contributed by atoms with Crippen LogP contribution >= 0.6 is 0 Å². The Hall–Kier alpha value is -1.35. The van der Waals surface area contributed by atoms with Gasteiger partial charge in [-0.1, -0.05) is 37.8 Å². The van der Waals surface area contributed by atoms with Gasteiger partial charge in [-0.3, -0.25) is 4.79 Å². The SMILES string of the molecule is Cc1cccc(N(CCCN)C(=O)CCC2CCCC2)c1. The van der Waals surface area contributed by atoms with Crippen LogP contribution in [0.4, 0.5) is 5.69 Å². The van der Waals surface area contributed by atoms with E-state index in [2.05, 4.69) is 19.1 Å². The Bertz CT molecular complexity index is 452. The van der Waals surface area contributed by atoms with Crippen molar-refractivity contribution < 1.29 is 4.79 Å². The number of nitrogens with zero attached hydrogens (tertiary/aromatic N) is 1. The minimum Gasteiger partial charge on any atom is -0.330 e. The number of carbonyl (C=O) groups excluding carboxylic acids is 1. The zero-order chi connectivity index (χ0) is 15.1. The van der Waals surface area contributed by atoms with Crippen LogP contribution in [0.15, 0.2) is 24.3 Å². The second kappa shape index (κ2) is 8.18. The Morgan fingerprint density at radius 1 is 1.33 bits per heavy atom. The van der Waals surface area contributed by atoms with Crippen molar-refractivity contribution in [1.82, 2.24) is 0 Å². The third-order valence-corrected chi connectivity index (χ3v) is 4.44. The molecule has 0 aromatic heterocycles. The number of aryl methyl sites for hydroxylation is 1. The minimum atomic E-state index is 0.251. The van der Waals surface area contributed by atoms with E-state index in [9.17, 15) is 4.79 Å². The molecule has 0 aliphatic heterocycles. The molecule has 1 fully saturated rings. The molecule has 1 aliphatic carbocycles. The molecule has 3 heteroatoms. The minimum absolute atomic E-state index is 0.251. The fraction of sp³-hybridized carbons (Fsp3) is 0.611. The van der Waals surface area contributed by atoms with E-state index in [1.54, 1.807) is 0 Å². The van der Waals surface area contributed by atoms with Crippen LogP contribution in [0.3, 0.4) is 0 Å². The number of anilines is 1. The molecule has 3 nitrogen and oxygen atoms in total. The molecule has 116 valence electrons. The van der Waals surface area contributed by atoms with Gasteiger partial charge in [0.25, 0.3) is 0 Å². The fourth-order valence-corrected chi connectivity index (χ4v) is 3.20. The molecule has 0 radical (unpaired) electrons. The lowest BCUT2D eigenvalue weighted by Gasteiger charge is -2.24. The summed E-state index contributed by atoms with van der Waals surface area (Å²) in [5.41, 5.74) is 7.82. The average molecular weight is 288 g/mol. The van der Waals surface area contributed by atoms with Gasteiger partial charge < -0.3 is 10.6 Å². The Morgan fingerprint density at radius 3 is 2.76 bits per heavy atom. The molecule has 0 spiro atoms. The maximum atomic E-state index is 12.6. The number of hydrogen-bond acceptors (Lipinski definition) is 2. The van der Waals surface area contributed by atoms with Gasteiger partial charge in [0.15, 0.2) is 0 Å². The van der Waals surface area contributed by atoms with Crippen molar-refractivity contribution in [2.75, 3.05) is 18.0 Å². The zero-order valence-corrected chi connectivity index (χ0v) is 13.2. The highest BCUT2D eigenvalue weighted by Crippen LogP contribution is 2.29. The zero-order valence-electron chi connectivity index (χ0n) is 13.2. The van der Waals surface area contributed by atoms with E-state index >= 15 is 0 Å². The summed E-state index contributed by atoms with van der Waals surface area (Å²) in [4.78, 5) is 14.5. The molecule has 1 aromatic carbocycles. The first-order chi connectivity index (χ1) is 10.2. The Kier molecular flexibility index (Phi) is 6.24. The molecule has 2 rings (SSSR count). The van der Waals surface area contributed by atoms with Crippen molar-refractivity contribution in [2.24, 2.45) is 11.7 Å². The summed E-state index contributed by atoms with van der Waals surface area (Å²) in [6.45, 7) is 3.41. The molecule has 0 saturated heterocycles. The lowest BCUT2D eigenvalue weighted by atomic mass is 10.0. The van der Waals surface area contributed by atoms with Gasteiger partial charge in [-0.2, -0.15) is 0 Å². The lowest BCUT2D eigenvalue weighted by Crippen LogP contribution is -2.33. The van der Waals surface area contributed by atoms with Gasteiger partial charge in [-0.25, -0.2) is 0 Å². The van der Waals surface area contributed by atoms with Gasteiger partial charge in [0.05, 0.1) is 0 Å². The molecular formula is C18H28N2O. The Balaban J connectivity index is 1.98. The van der Waals surface area contributed by atoms with Crippen LogP contribution in [0, 0.1) is 12.8 Å². The molecule has 1 saturated carbocycles. The van der Waals surface area contributed by atoms with Crippen LogP contribution in [0.25, 0.3) is 0 Å². The molecule has 1 aromatic rings. The van der Waals surface area contributed by atoms with Gasteiger partial charge in [0, 0.05) is 18.7 Å². The van der Waals surface area contributed by atoms with Crippen molar-refractivity contribution in [1.29, 1.82) is 0 Å². The van der Waals surface area contributed by atoms with Crippen LogP contribution < -0.4 is 10.6 Å². The first kappa shape index (κ1) is 16.0. The highest BCUT2D eigenvalue weighted by atomic mass is 16.2. The molecular weight excluding hydrogens is 260 g/mol. The third-order valence-electron chi connectivity index (χ3n) is 4.44. The molecule has 21 heavy (non-hydrogen) atoms. The van der Waals surface area contributed by atoms with E-state index in [1.807, 2.05) is 17.0 Å². The largest absolute Gasteiger partial charge is 0.330 e. The monoisotopic (exact) mass is 288 g/mol. The van der Waals surface area contributed by atoms with Crippen LogP contribution in [-0.4, -0.2) is 19.0 Å². The predicted molar refractivity (Wildman–Crippen MR) is 88.4 cm³/mol. The number of nitrogens with two attached hydrogens (primary N) is 1. The summed E-state index contributed by atoms with van der Waals surface area (Å²) in [6.07, 6.45) is 7.86.